The maximum absolute atomic E-state index is 10.1. The van der Waals surface area contributed by atoms with Gasteiger partial charge in [-0.25, -0.2) is 4.98 Å². The number of aldehydes is 1. The summed E-state index contributed by atoms with van der Waals surface area (Å²) in [6.07, 6.45) is 8.85. The highest BCUT2D eigenvalue weighted by atomic mass is 16.1. The Hall–Kier alpha value is -1.56. The molecule has 0 N–H and O–H groups in total. The lowest BCUT2D eigenvalue weighted by atomic mass is 10.5. The lowest BCUT2D eigenvalue weighted by Gasteiger charge is -1.88. The third-order valence-corrected chi connectivity index (χ3v) is 1.05. The van der Waals surface area contributed by atoms with E-state index in [9.17, 15) is 4.79 Å². The van der Waals surface area contributed by atoms with Crippen LogP contribution >= 0.6 is 0 Å². The van der Waals surface area contributed by atoms with E-state index < -0.39 is 0 Å². The van der Waals surface area contributed by atoms with Gasteiger partial charge >= 0.3 is 0 Å². The van der Waals surface area contributed by atoms with Crippen LogP contribution in [0.1, 0.15) is 10.5 Å². The van der Waals surface area contributed by atoms with E-state index in [1.165, 1.54) is 6.33 Å². The average molecular weight is 134 g/mol. The topological polar surface area (TPSA) is 34.9 Å². The largest absolute Gasteiger partial charge is 0.325 e. The Bertz CT molecular complexity index is 269. The molecule has 0 spiro atoms. The molecule has 0 atom stereocenters. The van der Waals surface area contributed by atoms with Crippen molar-refractivity contribution in [1.29, 1.82) is 0 Å². The Morgan fingerprint density at radius 3 is 3.20 bits per heavy atom. The van der Waals surface area contributed by atoms with E-state index in [1.54, 1.807) is 10.8 Å². The van der Waals surface area contributed by atoms with Crippen LogP contribution in [0.5, 0.6) is 0 Å². The van der Waals surface area contributed by atoms with Crippen molar-refractivity contribution in [2.24, 2.45) is 0 Å². The number of hydrogen-bond acceptors (Lipinski definition) is 2. The number of carbonyl (C=O) groups is 1. The molecule has 1 rings (SSSR count). The molecule has 3 heteroatoms. The number of rotatable bonds is 2. The summed E-state index contributed by atoms with van der Waals surface area (Å²) in [7, 11) is 0. The van der Waals surface area contributed by atoms with Crippen molar-refractivity contribution in [2.75, 3.05) is 0 Å². The molecule has 10 heavy (non-hydrogen) atoms. The summed E-state index contributed by atoms with van der Waals surface area (Å²) in [5.41, 5.74) is 0.412. The Balaban J connectivity index is 2.80. The second kappa shape index (κ2) is 2.83. The molecule has 0 amide bonds. The van der Waals surface area contributed by atoms with Crippen molar-refractivity contribution in [1.82, 2.24) is 9.55 Å². The molecule has 0 aliphatic carbocycles. The van der Waals surface area contributed by atoms with Gasteiger partial charge in [-0.1, -0.05) is 5.92 Å². The summed E-state index contributed by atoms with van der Waals surface area (Å²) in [5, 5.41) is 0. The van der Waals surface area contributed by atoms with Crippen LogP contribution in [0.15, 0.2) is 12.5 Å². The van der Waals surface area contributed by atoms with Crippen LogP contribution in [-0.2, 0) is 6.54 Å². The highest BCUT2D eigenvalue weighted by Crippen LogP contribution is 1.90. The van der Waals surface area contributed by atoms with Gasteiger partial charge in [-0.2, -0.15) is 0 Å². The van der Waals surface area contributed by atoms with Crippen molar-refractivity contribution in [3.63, 3.8) is 0 Å². The standard InChI is InChI=1S/C7H6N2O/c1-2-3-9-4-7(5-10)8-6-9/h1,4-6H,3H2. The minimum atomic E-state index is 0.412. The fourth-order valence-corrected chi connectivity index (χ4v) is 0.630. The van der Waals surface area contributed by atoms with Gasteiger partial charge in [-0.3, -0.25) is 4.79 Å². The lowest BCUT2D eigenvalue weighted by Crippen LogP contribution is -1.89. The number of aromatic nitrogens is 2. The molecule has 0 aliphatic heterocycles. The van der Waals surface area contributed by atoms with Crippen LogP contribution in [0.2, 0.25) is 0 Å². The first-order valence-corrected chi connectivity index (χ1v) is 2.77. The van der Waals surface area contributed by atoms with Gasteiger partial charge in [0.15, 0.2) is 6.29 Å². The molecule has 0 saturated heterocycles. The summed E-state index contributed by atoms with van der Waals surface area (Å²) < 4.78 is 1.67. The molecular weight excluding hydrogens is 128 g/mol. The van der Waals surface area contributed by atoms with Crippen LogP contribution in [-0.4, -0.2) is 15.8 Å². The molecule has 0 saturated carbocycles. The molecule has 50 valence electrons. The zero-order chi connectivity index (χ0) is 7.40. The zero-order valence-electron chi connectivity index (χ0n) is 5.32. The molecule has 0 fully saturated rings. The molecule has 1 heterocycles. The summed E-state index contributed by atoms with van der Waals surface area (Å²) in [6.45, 7) is 0.459. The number of carbonyl (C=O) groups excluding carboxylic acids is 1. The second-order valence-electron chi connectivity index (χ2n) is 1.79. The normalized spacial score (nSPS) is 8.70. The van der Waals surface area contributed by atoms with Gasteiger partial charge in [0.2, 0.25) is 0 Å². The Labute approximate surface area is 58.7 Å². The van der Waals surface area contributed by atoms with Crippen molar-refractivity contribution >= 4 is 6.29 Å². The van der Waals surface area contributed by atoms with Crippen LogP contribution in [0.4, 0.5) is 0 Å². The predicted molar refractivity (Wildman–Crippen MR) is 36.4 cm³/mol. The van der Waals surface area contributed by atoms with Gasteiger partial charge in [-0.05, 0) is 0 Å². The molecule has 0 aromatic carbocycles. The Morgan fingerprint density at radius 2 is 2.70 bits per heavy atom. The molecular formula is C7H6N2O. The van der Waals surface area contributed by atoms with E-state index in [-0.39, 0.29) is 0 Å². The van der Waals surface area contributed by atoms with E-state index in [1.807, 2.05) is 0 Å². The van der Waals surface area contributed by atoms with Crippen LogP contribution in [0.25, 0.3) is 0 Å². The maximum atomic E-state index is 10.1. The highest BCUT2D eigenvalue weighted by Gasteiger charge is 1.92. The Kier molecular flexibility index (Phi) is 1.86. The summed E-state index contributed by atoms with van der Waals surface area (Å²) in [5.74, 6) is 2.43. The third kappa shape index (κ3) is 1.23. The quantitative estimate of drug-likeness (QED) is 0.431. The summed E-state index contributed by atoms with van der Waals surface area (Å²) in [4.78, 5) is 13.8. The first-order chi connectivity index (χ1) is 4.86. The number of nitrogens with zero attached hydrogens (tertiary/aromatic N) is 2. The first kappa shape index (κ1) is 6.56. The zero-order valence-corrected chi connectivity index (χ0v) is 5.32. The minimum Gasteiger partial charge on any atom is -0.325 e. The molecule has 0 bridgehead atoms. The van der Waals surface area contributed by atoms with E-state index in [4.69, 9.17) is 6.42 Å². The maximum Gasteiger partial charge on any atom is 0.169 e. The molecule has 1 aromatic heterocycles. The van der Waals surface area contributed by atoms with E-state index in [0.717, 1.165) is 0 Å². The van der Waals surface area contributed by atoms with Crippen LogP contribution < -0.4 is 0 Å². The van der Waals surface area contributed by atoms with Gasteiger partial charge in [0, 0.05) is 6.20 Å². The molecule has 1 aromatic rings. The van der Waals surface area contributed by atoms with E-state index in [2.05, 4.69) is 10.9 Å². The van der Waals surface area contributed by atoms with Crippen molar-refractivity contribution in [3.05, 3.63) is 18.2 Å². The summed E-state index contributed by atoms with van der Waals surface area (Å²) in [6, 6.07) is 0. The third-order valence-electron chi connectivity index (χ3n) is 1.05. The molecule has 0 radical (unpaired) electrons. The van der Waals surface area contributed by atoms with Crippen molar-refractivity contribution < 1.29 is 4.79 Å². The van der Waals surface area contributed by atoms with Crippen molar-refractivity contribution in [2.45, 2.75) is 6.54 Å². The van der Waals surface area contributed by atoms with E-state index in [0.29, 0.717) is 18.5 Å². The van der Waals surface area contributed by atoms with Crippen molar-refractivity contribution in [3.8, 4) is 12.3 Å². The van der Waals surface area contributed by atoms with E-state index >= 15 is 0 Å². The van der Waals surface area contributed by atoms with Crippen LogP contribution in [0.3, 0.4) is 0 Å². The highest BCUT2D eigenvalue weighted by molar-refractivity contribution is 5.70. The minimum absolute atomic E-state index is 0.412. The lowest BCUT2D eigenvalue weighted by molar-refractivity contribution is 0.111. The fraction of sp³-hybridized carbons (Fsp3) is 0.143. The van der Waals surface area contributed by atoms with Gasteiger partial charge < -0.3 is 4.57 Å². The number of terminal acetylenes is 1. The second-order valence-corrected chi connectivity index (χ2v) is 1.79. The number of imidazole rings is 1. The molecule has 0 unspecified atom stereocenters. The van der Waals surface area contributed by atoms with Gasteiger partial charge in [0.05, 0.1) is 12.9 Å². The van der Waals surface area contributed by atoms with Crippen LogP contribution in [0, 0.1) is 12.3 Å². The molecule has 0 aliphatic rings. The van der Waals surface area contributed by atoms with Gasteiger partial charge in [0.1, 0.15) is 5.69 Å². The van der Waals surface area contributed by atoms with Gasteiger partial charge in [-0.15, -0.1) is 6.42 Å². The number of hydrogen-bond donors (Lipinski definition) is 0. The average Bonchev–Trinajstić information content (AvgIpc) is 2.37. The predicted octanol–water partition coefficient (Wildman–Crippen LogP) is 0.329. The molecule has 3 nitrogen and oxygen atoms in total. The summed E-state index contributed by atoms with van der Waals surface area (Å²) >= 11 is 0. The fourth-order valence-electron chi connectivity index (χ4n) is 0.630. The monoisotopic (exact) mass is 134 g/mol. The first-order valence-electron chi connectivity index (χ1n) is 2.77. The SMILES string of the molecule is C#CCn1cnc(C=O)c1. The smallest absolute Gasteiger partial charge is 0.169 e. The Morgan fingerprint density at radius 1 is 1.90 bits per heavy atom. The van der Waals surface area contributed by atoms with Gasteiger partial charge in [0.25, 0.3) is 0 Å².